The van der Waals surface area contributed by atoms with Crippen LogP contribution in [0.15, 0.2) is 36.5 Å². The molecule has 2 atom stereocenters. The summed E-state index contributed by atoms with van der Waals surface area (Å²) in [5.74, 6) is 1.17. The van der Waals surface area contributed by atoms with E-state index in [1.165, 1.54) is 6.20 Å². The Morgan fingerprint density at radius 2 is 1.97 bits per heavy atom. The van der Waals surface area contributed by atoms with Crippen molar-refractivity contribution in [2.75, 3.05) is 26.7 Å². The monoisotopic (exact) mass is 528 g/mol. The second-order valence-electron chi connectivity index (χ2n) is 9.55. The van der Waals surface area contributed by atoms with Crippen LogP contribution in [0.4, 0.5) is 17.6 Å². The van der Waals surface area contributed by atoms with Crippen molar-refractivity contribution in [3.05, 3.63) is 70.9 Å². The van der Waals surface area contributed by atoms with Gasteiger partial charge in [0.1, 0.15) is 17.4 Å². The van der Waals surface area contributed by atoms with Gasteiger partial charge in [0, 0.05) is 24.4 Å². The van der Waals surface area contributed by atoms with Crippen LogP contribution in [-0.4, -0.2) is 47.7 Å². The summed E-state index contributed by atoms with van der Waals surface area (Å²) in [6, 6.07) is 6.65. The lowest BCUT2D eigenvalue weighted by atomic mass is 9.80. The van der Waals surface area contributed by atoms with Gasteiger partial charge < -0.3 is 9.84 Å². The summed E-state index contributed by atoms with van der Waals surface area (Å²) >= 11 is 0. The van der Waals surface area contributed by atoms with Crippen molar-refractivity contribution < 1.29 is 32.2 Å². The van der Waals surface area contributed by atoms with Crippen LogP contribution in [0.1, 0.15) is 36.8 Å². The number of methoxy groups -OCH3 is 1. The number of piperidine rings is 1. The number of benzene rings is 2. The molecule has 5 nitrogen and oxygen atoms in total. The molecule has 1 saturated heterocycles. The molecule has 0 amide bonds. The largest absolute Gasteiger partial charge is 0.497 e. The number of rotatable bonds is 8. The summed E-state index contributed by atoms with van der Waals surface area (Å²) in [5, 5.41) is 10.2. The van der Waals surface area contributed by atoms with Crippen LogP contribution in [0, 0.1) is 46.9 Å². The number of hydrogen-bond donors (Lipinski definition) is 1. The third-order valence-electron chi connectivity index (χ3n) is 7.07. The normalized spacial score (nSPS) is 17.7. The summed E-state index contributed by atoms with van der Waals surface area (Å²) in [5.41, 5.74) is 0.895. The second kappa shape index (κ2) is 12.3. The Morgan fingerprint density at radius 3 is 2.74 bits per heavy atom. The van der Waals surface area contributed by atoms with Crippen molar-refractivity contribution in [1.29, 1.82) is 0 Å². The number of aromatic nitrogens is 1. The molecular weight excluding hydrogens is 500 g/mol. The van der Waals surface area contributed by atoms with Gasteiger partial charge in [-0.3, -0.25) is 14.7 Å². The van der Waals surface area contributed by atoms with Gasteiger partial charge in [0.15, 0.2) is 11.6 Å². The third-order valence-corrected chi connectivity index (χ3v) is 7.07. The Bertz CT molecular complexity index is 1390. The maximum Gasteiger partial charge on any atom is 0.303 e. The van der Waals surface area contributed by atoms with Gasteiger partial charge in [-0.25, -0.2) is 17.6 Å². The Labute approximate surface area is 218 Å². The van der Waals surface area contributed by atoms with E-state index in [9.17, 15) is 27.5 Å². The van der Waals surface area contributed by atoms with Crippen molar-refractivity contribution in [2.24, 2.45) is 11.8 Å². The average molecular weight is 529 g/mol. The number of carbonyl (C=O) groups is 1. The molecular formula is C29H28F4N2O3. The number of nitrogens with zero attached hydrogens (tertiary/aromatic N) is 2. The molecule has 1 aliphatic rings. The van der Waals surface area contributed by atoms with Gasteiger partial charge in [-0.15, -0.1) is 0 Å². The number of pyridine rings is 1. The first-order chi connectivity index (χ1) is 18.2. The maximum absolute atomic E-state index is 14.7. The molecule has 1 aliphatic heterocycles. The Hall–Kier alpha value is -3.64. The molecule has 0 radical (unpaired) electrons. The van der Waals surface area contributed by atoms with Crippen molar-refractivity contribution >= 4 is 16.9 Å². The lowest BCUT2D eigenvalue weighted by Crippen LogP contribution is -2.41. The number of carboxylic acids is 1. The standard InChI is InChI=1S/C29H28F4N2O3/c1-38-22-7-8-27-24(15-22)23(26(32)16-34-27)6-2-4-18-9-11-35(17-20(18)13-28(36)37)10-3-5-19-12-21(30)14-25(31)29(19)33/h7-8,12,14-16,18,20H,2,4,6,9-11,13,17H2,1H3,(H,36,37). The van der Waals surface area contributed by atoms with Crippen LogP contribution in [0.3, 0.4) is 0 Å². The summed E-state index contributed by atoms with van der Waals surface area (Å²) in [6.07, 6.45) is 3.84. The van der Waals surface area contributed by atoms with Crippen molar-refractivity contribution in [1.82, 2.24) is 9.88 Å². The number of aliphatic carboxylic acids is 1. The van der Waals surface area contributed by atoms with Gasteiger partial charge in [-0.2, -0.15) is 0 Å². The van der Waals surface area contributed by atoms with Crippen LogP contribution in [0.25, 0.3) is 10.9 Å². The van der Waals surface area contributed by atoms with Crippen molar-refractivity contribution in [3.63, 3.8) is 0 Å². The Morgan fingerprint density at radius 1 is 1.16 bits per heavy atom. The number of aryl methyl sites for hydroxylation is 1. The van der Waals surface area contributed by atoms with Gasteiger partial charge >= 0.3 is 5.97 Å². The molecule has 3 aromatic rings. The van der Waals surface area contributed by atoms with Gasteiger partial charge in [-0.05, 0) is 73.9 Å². The highest BCUT2D eigenvalue weighted by molar-refractivity contribution is 5.83. The summed E-state index contributed by atoms with van der Waals surface area (Å²) in [4.78, 5) is 17.7. The molecule has 38 heavy (non-hydrogen) atoms. The fraction of sp³-hybridized carbons (Fsp3) is 0.379. The van der Waals surface area contributed by atoms with Crippen molar-refractivity contribution in [2.45, 2.75) is 32.1 Å². The van der Waals surface area contributed by atoms with E-state index in [1.807, 2.05) is 4.90 Å². The number of likely N-dealkylation sites (tertiary alicyclic amines) is 1. The molecule has 1 aromatic heterocycles. The van der Waals surface area contributed by atoms with Crippen LogP contribution in [0.2, 0.25) is 0 Å². The number of hydrogen-bond acceptors (Lipinski definition) is 4. The predicted octanol–water partition coefficient (Wildman–Crippen LogP) is 5.59. The van der Waals surface area contributed by atoms with E-state index < -0.39 is 23.4 Å². The highest BCUT2D eigenvalue weighted by Gasteiger charge is 2.30. The topological polar surface area (TPSA) is 62.7 Å². The molecule has 0 aliphatic carbocycles. The molecule has 1 fully saturated rings. The highest BCUT2D eigenvalue weighted by atomic mass is 19.2. The molecule has 1 N–H and O–H groups in total. The van der Waals surface area contributed by atoms with E-state index in [4.69, 9.17) is 4.74 Å². The first-order valence-electron chi connectivity index (χ1n) is 12.4. The number of carboxylic acid groups (broad SMARTS) is 1. The summed E-state index contributed by atoms with van der Waals surface area (Å²) < 4.78 is 60.6. The Balaban J connectivity index is 1.39. The van der Waals surface area contributed by atoms with E-state index >= 15 is 0 Å². The van der Waals surface area contributed by atoms with E-state index in [0.717, 1.165) is 18.9 Å². The molecule has 2 heterocycles. The van der Waals surface area contributed by atoms with E-state index in [0.29, 0.717) is 54.2 Å². The summed E-state index contributed by atoms with van der Waals surface area (Å²) in [7, 11) is 1.55. The van der Waals surface area contributed by atoms with E-state index in [-0.39, 0.29) is 36.2 Å². The third kappa shape index (κ3) is 6.62. The van der Waals surface area contributed by atoms with Crippen LogP contribution < -0.4 is 4.74 Å². The average Bonchev–Trinajstić information content (AvgIpc) is 2.88. The summed E-state index contributed by atoms with van der Waals surface area (Å²) in [6.45, 7) is 1.35. The first kappa shape index (κ1) is 27.4. The molecule has 0 bridgehead atoms. The molecule has 2 aromatic carbocycles. The molecule has 0 saturated carbocycles. The first-order valence-corrected chi connectivity index (χ1v) is 12.4. The highest BCUT2D eigenvalue weighted by Crippen LogP contribution is 2.32. The fourth-order valence-electron chi connectivity index (χ4n) is 5.15. The van der Waals surface area contributed by atoms with E-state index in [2.05, 4.69) is 16.8 Å². The fourth-order valence-corrected chi connectivity index (χ4v) is 5.15. The number of fused-ring (bicyclic) bond motifs is 1. The zero-order valence-electron chi connectivity index (χ0n) is 20.9. The molecule has 4 rings (SSSR count). The van der Waals surface area contributed by atoms with Crippen molar-refractivity contribution in [3.8, 4) is 17.6 Å². The van der Waals surface area contributed by atoms with Gasteiger partial charge in [0.05, 0.1) is 30.9 Å². The molecule has 9 heteroatoms. The lowest BCUT2D eigenvalue weighted by Gasteiger charge is -2.37. The Kier molecular flexibility index (Phi) is 8.85. The van der Waals surface area contributed by atoms with Gasteiger partial charge in [0.25, 0.3) is 0 Å². The lowest BCUT2D eigenvalue weighted by molar-refractivity contribution is -0.139. The number of ether oxygens (including phenoxy) is 1. The van der Waals surface area contributed by atoms with Crippen LogP contribution >= 0.6 is 0 Å². The molecule has 200 valence electrons. The van der Waals surface area contributed by atoms with Gasteiger partial charge in [-0.1, -0.05) is 11.8 Å². The zero-order valence-corrected chi connectivity index (χ0v) is 20.9. The molecule has 2 unspecified atom stereocenters. The van der Waals surface area contributed by atoms with E-state index in [1.54, 1.807) is 25.3 Å². The van der Waals surface area contributed by atoms with Gasteiger partial charge in [0.2, 0.25) is 0 Å². The minimum atomic E-state index is -1.30. The zero-order chi connectivity index (χ0) is 27.2. The SMILES string of the molecule is COc1ccc2ncc(F)c(CCCC3CCN(CC#Cc4cc(F)cc(F)c4F)CC3CC(=O)O)c2c1. The number of halogens is 4. The predicted molar refractivity (Wildman–Crippen MR) is 135 cm³/mol. The minimum absolute atomic E-state index is 0.0118. The van der Waals surface area contributed by atoms with Crippen LogP contribution in [0.5, 0.6) is 5.75 Å². The second-order valence-corrected chi connectivity index (χ2v) is 9.55. The van der Waals surface area contributed by atoms with Crippen LogP contribution in [-0.2, 0) is 11.2 Å². The smallest absolute Gasteiger partial charge is 0.303 e. The quantitative estimate of drug-likeness (QED) is 0.235. The maximum atomic E-state index is 14.7. The molecule has 0 spiro atoms. The minimum Gasteiger partial charge on any atom is -0.497 e.